The molecular formula is C8H11NO3. The molecule has 1 heterocycles. The Morgan fingerprint density at radius 2 is 2.50 bits per heavy atom. The van der Waals surface area contributed by atoms with Gasteiger partial charge in [0.15, 0.2) is 0 Å². The van der Waals surface area contributed by atoms with Crippen LogP contribution >= 0.6 is 0 Å². The maximum Gasteiger partial charge on any atom is 0.255 e. The van der Waals surface area contributed by atoms with Gasteiger partial charge >= 0.3 is 0 Å². The highest BCUT2D eigenvalue weighted by Crippen LogP contribution is 2.01. The van der Waals surface area contributed by atoms with Crippen LogP contribution in [-0.4, -0.2) is 36.5 Å². The Labute approximate surface area is 70.8 Å². The van der Waals surface area contributed by atoms with Crippen molar-refractivity contribution in [2.45, 2.75) is 6.42 Å². The molecule has 0 bridgehead atoms. The highest BCUT2D eigenvalue weighted by molar-refractivity contribution is 5.96. The number of morpholine rings is 1. The Balaban J connectivity index is 2.53. The van der Waals surface area contributed by atoms with E-state index in [1.165, 1.54) is 11.0 Å². The van der Waals surface area contributed by atoms with Crippen molar-refractivity contribution in [1.82, 2.24) is 4.90 Å². The van der Waals surface area contributed by atoms with Crippen LogP contribution in [0.5, 0.6) is 0 Å². The zero-order chi connectivity index (χ0) is 8.97. The van der Waals surface area contributed by atoms with E-state index in [0.717, 1.165) is 0 Å². The first-order valence-corrected chi connectivity index (χ1v) is 3.77. The minimum Gasteiger partial charge on any atom is -0.370 e. The lowest BCUT2D eigenvalue weighted by Gasteiger charge is -2.24. The topological polar surface area (TPSA) is 46.6 Å². The minimum atomic E-state index is -0.256. The summed E-state index contributed by atoms with van der Waals surface area (Å²) in [7, 11) is 0. The van der Waals surface area contributed by atoms with E-state index in [9.17, 15) is 9.59 Å². The zero-order valence-corrected chi connectivity index (χ0v) is 6.78. The largest absolute Gasteiger partial charge is 0.370 e. The quantitative estimate of drug-likeness (QED) is 0.544. The number of ether oxygens (including phenoxy) is 1. The average molecular weight is 169 g/mol. The molecule has 12 heavy (non-hydrogen) atoms. The van der Waals surface area contributed by atoms with Crippen molar-refractivity contribution >= 4 is 11.8 Å². The van der Waals surface area contributed by atoms with E-state index in [-0.39, 0.29) is 24.8 Å². The summed E-state index contributed by atoms with van der Waals surface area (Å²) in [6, 6.07) is 0. The van der Waals surface area contributed by atoms with Gasteiger partial charge in [-0.1, -0.05) is 6.08 Å². The standard InChI is InChI=1S/C8H11NO3/c1-2-3-7(10)9-4-5-12-6-8(9)11/h2H,1,3-6H2. The number of amides is 2. The van der Waals surface area contributed by atoms with Crippen LogP contribution in [0.4, 0.5) is 0 Å². The van der Waals surface area contributed by atoms with E-state index in [0.29, 0.717) is 13.2 Å². The average Bonchev–Trinajstić information content (AvgIpc) is 2.05. The fourth-order valence-electron chi connectivity index (χ4n) is 1.02. The van der Waals surface area contributed by atoms with Crippen molar-refractivity contribution in [3.8, 4) is 0 Å². The summed E-state index contributed by atoms with van der Waals surface area (Å²) in [5.41, 5.74) is 0. The highest BCUT2D eigenvalue weighted by atomic mass is 16.5. The number of nitrogens with zero attached hydrogens (tertiary/aromatic N) is 1. The van der Waals surface area contributed by atoms with E-state index < -0.39 is 0 Å². The maximum absolute atomic E-state index is 11.2. The molecule has 0 atom stereocenters. The van der Waals surface area contributed by atoms with Crippen molar-refractivity contribution in [1.29, 1.82) is 0 Å². The first kappa shape index (κ1) is 8.93. The lowest BCUT2D eigenvalue weighted by Crippen LogP contribution is -2.45. The SMILES string of the molecule is C=CCC(=O)N1CCOCC1=O. The normalized spacial score (nSPS) is 17.7. The van der Waals surface area contributed by atoms with Crippen LogP contribution in [0.25, 0.3) is 0 Å². The molecule has 1 aliphatic heterocycles. The molecule has 1 fully saturated rings. The van der Waals surface area contributed by atoms with Gasteiger partial charge in [0, 0.05) is 6.42 Å². The van der Waals surface area contributed by atoms with Crippen LogP contribution < -0.4 is 0 Å². The molecule has 0 radical (unpaired) electrons. The van der Waals surface area contributed by atoms with Gasteiger partial charge in [0.05, 0.1) is 13.2 Å². The summed E-state index contributed by atoms with van der Waals surface area (Å²) >= 11 is 0. The fourth-order valence-corrected chi connectivity index (χ4v) is 1.02. The number of hydrogen-bond donors (Lipinski definition) is 0. The molecule has 2 amide bonds. The van der Waals surface area contributed by atoms with Gasteiger partial charge in [0.25, 0.3) is 5.91 Å². The summed E-state index contributed by atoms with van der Waals surface area (Å²) in [5.74, 6) is -0.452. The van der Waals surface area contributed by atoms with Gasteiger partial charge in [-0.3, -0.25) is 14.5 Å². The summed E-state index contributed by atoms with van der Waals surface area (Å²) in [6.07, 6.45) is 1.71. The van der Waals surface area contributed by atoms with Crippen LogP contribution in [0.1, 0.15) is 6.42 Å². The van der Waals surface area contributed by atoms with Crippen molar-refractivity contribution in [3.63, 3.8) is 0 Å². The minimum absolute atomic E-state index is 0.0167. The molecule has 0 N–H and O–H groups in total. The second-order valence-corrected chi connectivity index (χ2v) is 2.48. The molecule has 0 aromatic rings. The van der Waals surface area contributed by atoms with Gasteiger partial charge in [0.2, 0.25) is 5.91 Å². The molecule has 4 heteroatoms. The molecule has 1 rings (SSSR count). The molecule has 1 saturated heterocycles. The summed E-state index contributed by atoms with van der Waals surface area (Å²) in [5, 5.41) is 0. The van der Waals surface area contributed by atoms with Gasteiger partial charge in [-0.25, -0.2) is 0 Å². The third-order valence-corrected chi connectivity index (χ3v) is 1.61. The lowest BCUT2D eigenvalue weighted by molar-refractivity contribution is -0.153. The van der Waals surface area contributed by atoms with Crippen molar-refractivity contribution in [3.05, 3.63) is 12.7 Å². The zero-order valence-electron chi connectivity index (χ0n) is 6.78. The third-order valence-electron chi connectivity index (χ3n) is 1.61. The molecule has 0 saturated carbocycles. The predicted molar refractivity (Wildman–Crippen MR) is 42.4 cm³/mol. The van der Waals surface area contributed by atoms with Gasteiger partial charge in [-0.2, -0.15) is 0 Å². The molecule has 4 nitrogen and oxygen atoms in total. The third kappa shape index (κ3) is 1.92. The Kier molecular flexibility index (Phi) is 2.99. The van der Waals surface area contributed by atoms with Gasteiger partial charge in [0.1, 0.15) is 6.61 Å². The van der Waals surface area contributed by atoms with E-state index >= 15 is 0 Å². The number of carbonyl (C=O) groups excluding carboxylic acids is 2. The maximum atomic E-state index is 11.2. The monoisotopic (exact) mass is 169 g/mol. The Bertz CT molecular complexity index is 212. The van der Waals surface area contributed by atoms with Crippen LogP contribution in [0.15, 0.2) is 12.7 Å². The first-order chi connectivity index (χ1) is 5.75. The molecular weight excluding hydrogens is 158 g/mol. The molecule has 0 unspecified atom stereocenters. The molecule has 0 spiro atoms. The number of imide groups is 1. The number of hydrogen-bond acceptors (Lipinski definition) is 3. The predicted octanol–water partition coefficient (Wildman–Crippen LogP) is -0.0521. The molecule has 0 aliphatic carbocycles. The van der Waals surface area contributed by atoms with Crippen LogP contribution in [0.2, 0.25) is 0 Å². The van der Waals surface area contributed by atoms with E-state index in [2.05, 4.69) is 6.58 Å². The Hall–Kier alpha value is -1.16. The molecule has 1 aliphatic rings. The molecule has 66 valence electrons. The van der Waals surface area contributed by atoms with Crippen LogP contribution in [0.3, 0.4) is 0 Å². The van der Waals surface area contributed by atoms with Gasteiger partial charge in [-0.15, -0.1) is 6.58 Å². The smallest absolute Gasteiger partial charge is 0.255 e. The Morgan fingerprint density at radius 1 is 1.75 bits per heavy atom. The first-order valence-electron chi connectivity index (χ1n) is 3.77. The van der Waals surface area contributed by atoms with Crippen LogP contribution in [0, 0.1) is 0 Å². The van der Waals surface area contributed by atoms with E-state index in [1.54, 1.807) is 0 Å². The molecule has 0 aromatic carbocycles. The Morgan fingerprint density at radius 3 is 3.08 bits per heavy atom. The summed E-state index contributed by atoms with van der Waals surface area (Å²) in [6.45, 7) is 4.25. The number of carbonyl (C=O) groups is 2. The second kappa shape index (κ2) is 4.01. The van der Waals surface area contributed by atoms with Gasteiger partial charge < -0.3 is 4.74 Å². The van der Waals surface area contributed by atoms with Crippen LogP contribution in [-0.2, 0) is 14.3 Å². The molecule has 0 aromatic heterocycles. The lowest BCUT2D eigenvalue weighted by atomic mass is 10.3. The van der Waals surface area contributed by atoms with Gasteiger partial charge in [-0.05, 0) is 0 Å². The number of rotatable bonds is 2. The van der Waals surface area contributed by atoms with E-state index in [1.807, 2.05) is 0 Å². The van der Waals surface area contributed by atoms with Crippen molar-refractivity contribution in [2.75, 3.05) is 19.8 Å². The summed E-state index contributed by atoms with van der Waals surface area (Å²) < 4.78 is 4.87. The second-order valence-electron chi connectivity index (χ2n) is 2.48. The fraction of sp³-hybridized carbons (Fsp3) is 0.500. The van der Waals surface area contributed by atoms with Crippen molar-refractivity contribution in [2.24, 2.45) is 0 Å². The van der Waals surface area contributed by atoms with E-state index in [4.69, 9.17) is 4.74 Å². The van der Waals surface area contributed by atoms with Crippen molar-refractivity contribution < 1.29 is 14.3 Å². The highest BCUT2D eigenvalue weighted by Gasteiger charge is 2.23. The summed E-state index contributed by atoms with van der Waals surface area (Å²) in [4.78, 5) is 23.5.